The first-order valence-corrected chi connectivity index (χ1v) is 5.93. The molecule has 0 aliphatic carbocycles. The summed E-state index contributed by atoms with van der Waals surface area (Å²) in [6.45, 7) is 3.66. The van der Waals surface area contributed by atoms with Crippen molar-refractivity contribution in [3.05, 3.63) is 0 Å². The summed E-state index contributed by atoms with van der Waals surface area (Å²) in [5.74, 6) is -1.68. The van der Waals surface area contributed by atoms with Gasteiger partial charge >= 0.3 is 11.9 Å². The van der Waals surface area contributed by atoms with Crippen LogP contribution in [0.5, 0.6) is 0 Å². The maximum atomic E-state index is 11.0. The summed E-state index contributed by atoms with van der Waals surface area (Å²) in [7, 11) is 3.75. The van der Waals surface area contributed by atoms with Gasteiger partial charge in [0.05, 0.1) is 5.41 Å². The van der Waals surface area contributed by atoms with E-state index < -0.39 is 17.4 Å². The van der Waals surface area contributed by atoms with Crippen molar-refractivity contribution >= 4 is 11.9 Å². The summed E-state index contributed by atoms with van der Waals surface area (Å²) in [4.78, 5) is 21.3. The minimum atomic E-state index is -0.864. The first-order valence-electron chi connectivity index (χ1n) is 5.93. The fraction of sp³-hybridized carbons (Fsp3) is 0.833. The molecule has 0 unspecified atom stereocenters. The van der Waals surface area contributed by atoms with E-state index in [-0.39, 0.29) is 6.42 Å². The van der Waals surface area contributed by atoms with Crippen molar-refractivity contribution in [2.24, 2.45) is 5.41 Å². The highest BCUT2D eigenvalue weighted by atomic mass is 16.4. The summed E-state index contributed by atoms with van der Waals surface area (Å²) in [5, 5.41) is 20.2. The number of rotatable bonds is 7. The van der Waals surface area contributed by atoms with Gasteiger partial charge < -0.3 is 15.5 Å². The number of carboxylic acid groups (broad SMARTS) is 2. The Morgan fingerprint density at radius 3 is 1.76 bits per heavy atom. The molecule has 0 fully saturated rings. The van der Waals surface area contributed by atoms with Crippen LogP contribution in [0.25, 0.3) is 0 Å². The Bertz CT molecular complexity index is 225. The van der Waals surface area contributed by atoms with Gasteiger partial charge in [0, 0.05) is 6.42 Å². The molecule has 5 nitrogen and oxygen atoms in total. The second-order valence-electron chi connectivity index (χ2n) is 4.04. The molecule has 0 saturated heterocycles. The van der Waals surface area contributed by atoms with Gasteiger partial charge in [0.15, 0.2) is 0 Å². The Morgan fingerprint density at radius 1 is 1.12 bits per heavy atom. The van der Waals surface area contributed by atoms with E-state index in [4.69, 9.17) is 10.2 Å². The number of hydrogen-bond donors (Lipinski definition) is 3. The van der Waals surface area contributed by atoms with Crippen LogP contribution >= 0.6 is 0 Å². The van der Waals surface area contributed by atoms with Gasteiger partial charge in [0.25, 0.3) is 0 Å². The lowest BCUT2D eigenvalue weighted by Gasteiger charge is -2.26. The molecule has 0 spiro atoms. The van der Waals surface area contributed by atoms with E-state index in [2.05, 4.69) is 5.32 Å². The molecule has 0 amide bonds. The summed E-state index contributed by atoms with van der Waals surface area (Å²) in [6, 6.07) is 0. The quantitative estimate of drug-likeness (QED) is 0.640. The summed E-state index contributed by atoms with van der Waals surface area (Å²) in [5.41, 5.74) is -0.727. The van der Waals surface area contributed by atoms with Crippen molar-refractivity contribution in [1.29, 1.82) is 0 Å². The van der Waals surface area contributed by atoms with Crippen molar-refractivity contribution in [3.8, 4) is 0 Å². The molecule has 0 aromatic rings. The van der Waals surface area contributed by atoms with Crippen LogP contribution in [0.1, 0.15) is 46.0 Å². The molecule has 102 valence electrons. The third kappa shape index (κ3) is 7.74. The molecule has 0 saturated carbocycles. The largest absolute Gasteiger partial charge is 0.481 e. The third-order valence-corrected chi connectivity index (χ3v) is 2.85. The summed E-state index contributed by atoms with van der Waals surface area (Å²) < 4.78 is 0. The van der Waals surface area contributed by atoms with Crippen LogP contribution in [-0.2, 0) is 9.59 Å². The zero-order chi connectivity index (χ0) is 13.9. The van der Waals surface area contributed by atoms with E-state index in [1.165, 1.54) is 0 Å². The maximum absolute atomic E-state index is 11.0. The molecule has 0 heterocycles. The van der Waals surface area contributed by atoms with Gasteiger partial charge in [-0.3, -0.25) is 9.59 Å². The Hall–Kier alpha value is -1.10. The predicted octanol–water partition coefficient (Wildman–Crippen LogP) is 1.97. The van der Waals surface area contributed by atoms with Crippen molar-refractivity contribution < 1.29 is 19.8 Å². The van der Waals surface area contributed by atoms with Gasteiger partial charge in [-0.2, -0.15) is 0 Å². The van der Waals surface area contributed by atoms with Gasteiger partial charge in [-0.05, 0) is 39.8 Å². The van der Waals surface area contributed by atoms with Gasteiger partial charge in [-0.15, -0.1) is 0 Å². The first-order chi connectivity index (χ1) is 7.90. The Balaban J connectivity index is 0. The van der Waals surface area contributed by atoms with Crippen LogP contribution in [0.2, 0.25) is 0 Å². The van der Waals surface area contributed by atoms with Gasteiger partial charge in [-0.1, -0.05) is 13.8 Å². The average molecular weight is 247 g/mol. The zero-order valence-electron chi connectivity index (χ0n) is 11.2. The lowest BCUT2D eigenvalue weighted by Crippen LogP contribution is -2.29. The van der Waals surface area contributed by atoms with Crippen LogP contribution < -0.4 is 5.32 Å². The first kappa shape index (κ1) is 18.3. The molecule has 0 rings (SSSR count). The number of hydrogen-bond acceptors (Lipinski definition) is 3. The van der Waals surface area contributed by atoms with E-state index >= 15 is 0 Å². The number of carbonyl (C=O) groups is 2. The lowest BCUT2D eigenvalue weighted by molar-refractivity contribution is -0.150. The van der Waals surface area contributed by atoms with Gasteiger partial charge in [-0.25, -0.2) is 0 Å². The Kier molecular flexibility index (Phi) is 10.8. The number of aliphatic carboxylic acids is 2. The van der Waals surface area contributed by atoms with Gasteiger partial charge in [0.2, 0.25) is 0 Å². The second-order valence-corrected chi connectivity index (χ2v) is 4.04. The standard InChI is InChI=1S/C10H18O4.C2H7N/c1-3-10(4-2,9(13)14)7-5-6-8(11)12;1-3-2/h3-7H2,1-2H3,(H,11,12)(H,13,14);3H,1-2H3. The monoisotopic (exact) mass is 247 g/mol. The van der Waals surface area contributed by atoms with Gasteiger partial charge in [0.1, 0.15) is 0 Å². The number of carboxylic acids is 2. The molecule has 0 aliphatic heterocycles. The topological polar surface area (TPSA) is 86.6 Å². The van der Waals surface area contributed by atoms with Crippen LogP contribution in [-0.4, -0.2) is 36.2 Å². The molecule has 3 N–H and O–H groups in total. The molecule has 0 radical (unpaired) electrons. The molecule has 0 bridgehead atoms. The molecular formula is C12H25NO4. The zero-order valence-corrected chi connectivity index (χ0v) is 11.2. The Morgan fingerprint density at radius 2 is 1.53 bits per heavy atom. The van der Waals surface area contributed by atoms with Crippen molar-refractivity contribution in [3.63, 3.8) is 0 Å². The van der Waals surface area contributed by atoms with Crippen LogP contribution in [0.4, 0.5) is 0 Å². The van der Waals surface area contributed by atoms with Crippen molar-refractivity contribution in [2.75, 3.05) is 14.1 Å². The fourth-order valence-corrected chi connectivity index (χ4v) is 1.59. The van der Waals surface area contributed by atoms with E-state index in [0.717, 1.165) is 0 Å². The molecule has 0 aliphatic rings. The average Bonchev–Trinajstić information content (AvgIpc) is 2.25. The third-order valence-electron chi connectivity index (χ3n) is 2.85. The Labute approximate surface area is 103 Å². The highest BCUT2D eigenvalue weighted by molar-refractivity contribution is 5.74. The normalized spacial score (nSPS) is 10.4. The van der Waals surface area contributed by atoms with Crippen LogP contribution in [0.15, 0.2) is 0 Å². The fourth-order valence-electron chi connectivity index (χ4n) is 1.59. The molecule has 5 heteroatoms. The SMILES string of the molecule is CCC(CC)(CCCC(=O)O)C(=O)O.CNC. The minimum absolute atomic E-state index is 0.0506. The maximum Gasteiger partial charge on any atom is 0.309 e. The molecule has 17 heavy (non-hydrogen) atoms. The lowest BCUT2D eigenvalue weighted by atomic mass is 9.78. The van der Waals surface area contributed by atoms with Crippen LogP contribution in [0, 0.1) is 5.41 Å². The second kappa shape index (κ2) is 10.1. The van der Waals surface area contributed by atoms with E-state index in [1.54, 1.807) is 0 Å². The van der Waals surface area contributed by atoms with Crippen molar-refractivity contribution in [2.45, 2.75) is 46.0 Å². The van der Waals surface area contributed by atoms with E-state index in [0.29, 0.717) is 25.7 Å². The molecule has 0 atom stereocenters. The molecule has 0 aromatic carbocycles. The molecule has 0 aromatic heterocycles. The summed E-state index contributed by atoms with van der Waals surface area (Å²) >= 11 is 0. The highest BCUT2D eigenvalue weighted by Gasteiger charge is 2.34. The van der Waals surface area contributed by atoms with Crippen LogP contribution in [0.3, 0.4) is 0 Å². The highest BCUT2D eigenvalue weighted by Crippen LogP contribution is 2.32. The molecular weight excluding hydrogens is 222 g/mol. The minimum Gasteiger partial charge on any atom is -0.481 e. The smallest absolute Gasteiger partial charge is 0.309 e. The predicted molar refractivity (Wildman–Crippen MR) is 67.1 cm³/mol. The summed E-state index contributed by atoms with van der Waals surface area (Å²) in [6.07, 6.45) is 2.04. The number of nitrogens with one attached hydrogen (secondary N) is 1. The van der Waals surface area contributed by atoms with Crippen molar-refractivity contribution in [1.82, 2.24) is 5.32 Å². The van der Waals surface area contributed by atoms with E-state index in [1.807, 2.05) is 27.9 Å². The van der Waals surface area contributed by atoms with E-state index in [9.17, 15) is 9.59 Å².